The van der Waals surface area contributed by atoms with Crippen LogP contribution in [0, 0.1) is 0 Å². The number of carboxylic acids is 1. The minimum atomic E-state index is -3.86. The third-order valence-electron chi connectivity index (χ3n) is 3.04. The fourth-order valence-corrected chi connectivity index (χ4v) is 2.83. The van der Waals surface area contributed by atoms with Crippen molar-refractivity contribution in [2.45, 2.75) is 4.90 Å². The van der Waals surface area contributed by atoms with E-state index in [9.17, 15) is 18.0 Å². The molecule has 0 fully saturated rings. The molecule has 1 heterocycles. The molecule has 0 saturated heterocycles. The maximum Gasteiger partial charge on any atom is 0.322 e. The van der Waals surface area contributed by atoms with Crippen molar-refractivity contribution in [3.05, 3.63) is 48.8 Å². The number of carboxylic acid groups (broad SMARTS) is 1. The minimum Gasteiger partial charge on any atom is -0.480 e. The van der Waals surface area contributed by atoms with Gasteiger partial charge in [-0.2, -0.15) is 0 Å². The van der Waals surface area contributed by atoms with Gasteiger partial charge in [-0.05, 0) is 35.4 Å². The van der Waals surface area contributed by atoms with E-state index in [4.69, 9.17) is 5.11 Å². The fraction of sp³-hybridized carbons (Fsp3) is 0.133. The Bertz CT molecular complexity index is 820. The average molecular weight is 349 g/mol. The SMILES string of the molecule is O=C(O)CNC(=O)CNS(=O)(=O)c1ccc(-c2ccncc2)cc1. The average Bonchev–Trinajstić information content (AvgIpc) is 2.59. The number of nitrogens with zero attached hydrogens (tertiary/aromatic N) is 1. The Morgan fingerprint density at radius 3 is 2.12 bits per heavy atom. The molecule has 0 unspecified atom stereocenters. The molecule has 9 heteroatoms. The smallest absolute Gasteiger partial charge is 0.322 e. The van der Waals surface area contributed by atoms with Crippen molar-refractivity contribution in [3.63, 3.8) is 0 Å². The highest BCUT2D eigenvalue weighted by molar-refractivity contribution is 7.89. The first-order chi connectivity index (χ1) is 11.4. The van der Waals surface area contributed by atoms with Crippen molar-refractivity contribution in [1.82, 2.24) is 15.0 Å². The molecule has 2 rings (SSSR count). The third-order valence-corrected chi connectivity index (χ3v) is 4.45. The summed E-state index contributed by atoms with van der Waals surface area (Å²) in [5, 5.41) is 10.5. The number of hydrogen-bond donors (Lipinski definition) is 3. The molecule has 1 amide bonds. The molecule has 24 heavy (non-hydrogen) atoms. The third kappa shape index (κ3) is 4.86. The van der Waals surface area contributed by atoms with Gasteiger partial charge in [-0.15, -0.1) is 0 Å². The lowest BCUT2D eigenvalue weighted by Gasteiger charge is -2.08. The van der Waals surface area contributed by atoms with Gasteiger partial charge in [-0.3, -0.25) is 14.6 Å². The van der Waals surface area contributed by atoms with E-state index in [1.54, 1.807) is 36.7 Å². The first-order valence-corrected chi connectivity index (χ1v) is 8.35. The van der Waals surface area contributed by atoms with Crippen LogP contribution in [0.4, 0.5) is 0 Å². The predicted octanol–water partition coefficient (Wildman–Crippen LogP) is 0.228. The molecule has 0 atom stereocenters. The van der Waals surface area contributed by atoms with Crippen molar-refractivity contribution in [2.24, 2.45) is 0 Å². The summed E-state index contributed by atoms with van der Waals surface area (Å²) in [5.74, 6) is -1.94. The number of aliphatic carboxylic acids is 1. The van der Waals surface area contributed by atoms with Gasteiger partial charge >= 0.3 is 5.97 Å². The maximum atomic E-state index is 12.1. The zero-order valence-corrected chi connectivity index (χ0v) is 13.3. The quantitative estimate of drug-likeness (QED) is 0.657. The first-order valence-electron chi connectivity index (χ1n) is 6.87. The molecule has 3 N–H and O–H groups in total. The molecule has 1 aromatic carbocycles. The van der Waals surface area contributed by atoms with Crippen LogP contribution < -0.4 is 10.0 Å². The number of aromatic nitrogens is 1. The largest absolute Gasteiger partial charge is 0.480 e. The highest BCUT2D eigenvalue weighted by Crippen LogP contribution is 2.20. The molecule has 0 aliphatic heterocycles. The van der Waals surface area contributed by atoms with E-state index >= 15 is 0 Å². The highest BCUT2D eigenvalue weighted by Gasteiger charge is 2.15. The summed E-state index contributed by atoms with van der Waals surface area (Å²) in [6.45, 7) is -1.11. The van der Waals surface area contributed by atoms with Crippen LogP contribution in [0.2, 0.25) is 0 Å². The van der Waals surface area contributed by atoms with E-state index < -0.39 is 35.0 Å². The standard InChI is InChI=1S/C15H15N3O5S/c19-14(17-10-15(20)21)9-18-24(22,23)13-3-1-11(2-4-13)12-5-7-16-8-6-12/h1-8,18H,9-10H2,(H,17,19)(H,20,21). The topological polar surface area (TPSA) is 125 Å². The number of amides is 1. The summed E-state index contributed by atoms with van der Waals surface area (Å²) in [5.41, 5.74) is 1.73. The van der Waals surface area contributed by atoms with Gasteiger partial charge in [0.2, 0.25) is 15.9 Å². The van der Waals surface area contributed by atoms with Gasteiger partial charge in [-0.1, -0.05) is 12.1 Å². The van der Waals surface area contributed by atoms with Crippen LogP contribution in [-0.4, -0.2) is 43.5 Å². The minimum absolute atomic E-state index is 0.00587. The summed E-state index contributed by atoms with van der Waals surface area (Å²) < 4.78 is 26.3. The molecule has 0 bridgehead atoms. The van der Waals surface area contributed by atoms with Gasteiger partial charge < -0.3 is 10.4 Å². The zero-order valence-electron chi connectivity index (χ0n) is 12.5. The van der Waals surface area contributed by atoms with Gasteiger partial charge in [-0.25, -0.2) is 13.1 Å². The van der Waals surface area contributed by atoms with Crippen molar-refractivity contribution in [1.29, 1.82) is 0 Å². The molecule has 0 aliphatic rings. The Labute approximate surface area is 138 Å². The van der Waals surface area contributed by atoms with E-state index in [1.807, 2.05) is 0 Å². The second-order valence-electron chi connectivity index (χ2n) is 4.76. The molecule has 2 aromatic rings. The fourth-order valence-electron chi connectivity index (χ4n) is 1.85. The number of benzene rings is 1. The number of carbonyl (C=O) groups excluding carboxylic acids is 1. The van der Waals surface area contributed by atoms with E-state index in [-0.39, 0.29) is 4.90 Å². The van der Waals surface area contributed by atoms with Crippen LogP contribution in [0.1, 0.15) is 0 Å². The Morgan fingerprint density at radius 2 is 1.54 bits per heavy atom. The Hall–Kier alpha value is -2.78. The lowest BCUT2D eigenvalue weighted by molar-refractivity contribution is -0.137. The number of sulfonamides is 1. The summed E-state index contributed by atoms with van der Waals surface area (Å²) in [6.07, 6.45) is 3.27. The number of nitrogens with one attached hydrogen (secondary N) is 2. The Balaban J connectivity index is 2.02. The summed E-state index contributed by atoms with van der Waals surface area (Å²) in [6, 6.07) is 9.74. The van der Waals surface area contributed by atoms with Crippen LogP contribution in [0.5, 0.6) is 0 Å². The van der Waals surface area contributed by atoms with Gasteiger partial charge in [0, 0.05) is 12.4 Å². The number of pyridine rings is 1. The number of hydrogen-bond acceptors (Lipinski definition) is 5. The second-order valence-corrected chi connectivity index (χ2v) is 6.52. The summed E-state index contributed by atoms with van der Waals surface area (Å²) in [7, 11) is -3.86. The van der Waals surface area contributed by atoms with Crippen LogP contribution >= 0.6 is 0 Å². The normalized spacial score (nSPS) is 11.0. The van der Waals surface area contributed by atoms with E-state index in [2.05, 4.69) is 15.0 Å². The van der Waals surface area contributed by atoms with Gasteiger partial charge in [0.25, 0.3) is 0 Å². The van der Waals surface area contributed by atoms with Crippen LogP contribution in [0.3, 0.4) is 0 Å². The number of carbonyl (C=O) groups is 2. The summed E-state index contributed by atoms with van der Waals surface area (Å²) >= 11 is 0. The van der Waals surface area contributed by atoms with Crippen molar-refractivity contribution in [2.75, 3.05) is 13.1 Å². The maximum absolute atomic E-state index is 12.1. The lowest BCUT2D eigenvalue weighted by Crippen LogP contribution is -2.38. The zero-order chi connectivity index (χ0) is 17.6. The van der Waals surface area contributed by atoms with Gasteiger partial charge in [0.05, 0.1) is 11.4 Å². The number of rotatable bonds is 7. The molecule has 0 saturated carbocycles. The summed E-state index contributed by atoms with van der Waals surface area (Å²) in [4.78, 5) is 25.6. The van der Waals surface area contributed by atoms with Crippen LogP contribution in [0.15, 0.2) is 53.7 Å². The molecule has 0 aliphatic carbocycles. The van der Waals surface area contributed by atoms with Gasteiger partial charge in [0.1, 0.15) is 6.54 Å². The Morgan fingerprint density at radius 1 is 0.958 bits per heavy atom. The molecule has 126 valence electrons. The predicted molar refractivity (Wildman–Crippen MR) is 85.5 cm³/mol. The second kappa shape index (κ2) is 7.66. The molecule has 1 aromatic heterocycles. The monoisotopic (exact) mass is 349 g/mol. The lowest BCUT2D eigenvalue weighted by atomic mass is 10.1. The molecule has 8 nitrogen and oxygen atoms in total. The van der Waals surface area contributed by atoms with E-state index in [0.29, 0.717) is 0 Å². The highest BCUT2D eigenvalue weighted by atomic mass is 32.2. The Kier molecular flexibility index (Phi) is 5.61. The van der Waals surface area contributed by atoms with E-state index in [1.165, 1.54) is 12.1 Å². The van der Waals surface area contributed by atoms with Crippen LogP contribution in [-0.2, 0) is 19.6 Å². The first kappa shape index (κ1) is 17.6. The molecule has 0 spiro atoms. The van der Waals surface area contributed by atoms with Crippen molar-refractivity contribution < 1.29 is 23.1 Å². The molecular formula is C15H15N3O5S. The van der Waals surface area contributed by atoms with Gasteiger partial charge in [0.15, 0.2) is 0 Å². The van der Waals surface area contributed by atoms with Crippen molar-refractivity contribution in [3.8, 4) is 11.1 Å². The van der Waals surface area contributed by atoms with Crippen LogP contribution in [0.25, 0.3) is 11.1 Å². The molecule has 0 radical (unpaired) electrons. The van der Waals surface area contributed by atoms with E-state index in [0.717, 1.165) is 11.1 Å². The van der Waals surface area contributed by atoms with Crippen molar-refractivity contribution >= 4 is 21.9 Å². The molecular weight excluding hydrogens is 334 g/mol.